The van der Waals surface area contributed by atoms with Gasteiger partial charge < -0.3 is 16.2 Å². The summed E-state index contributed by atoms with van der Waals surface area (Å²) in [7, 11) is 0. The van der Waals surface area contributed by atoms with Crippen LogP contribution in [0.15, 0.2) is 29.3 Å². The Balaban J connectivity index is 2.26. The summed E-state index contributed by atoms with van der Waals surface area (Å²) in [4.78, 5) is 3.94. The van der Waals surface area contributed by atoms with Gasteiger partial charge in [-0.2, -0.15) is 11.8 Å². The summed E-state index contributed by atoms with van der Waals surface area (Å²) in [6, 6.07) is 8.25. The maximum atomic E-state index is 5.64. The fourth-order valence-electron chi connectivity index (χ4n) is 1.37. The van der Waals surface area contributed by atoms with Crippen LogP contribution in [0, 0.1) is 5.92 Å². The zero-order valence-corrected chi connectivity index (χ0v) is 12.5. The lowest BCUT2D eigenvalue weighted by Crippen LogP contribution is -2.23. The number of hydrogen-bond acceptors (Lipinski definition) is 3. The highest BCUT2D eigenvalue weighted by atomic mass is 32.2. The quantitative estimate of drug-likeness (QED) is 0.435. The molecule has 0 atom stereocenters. The minimum Gasteiger partial charge on any atom is -0.493 e. The van der Waals surface area contributed by atoms with Crippen molar-refractivity contribution in [2.24, 2.45) is 22.4 Å². The molecule has 4 N–H and O–H groups in total. The predicted molar refractivity (Wildman–Crippen MR) is 83.6 cm³/mol. The molecule has 0 aromatic heterocycles. The highest BCUT2D eigenvalue weighted by Gasteiger charge is 1.98. The Labute approximate surface area is 119 Å². The van der Waals surface area contributed by atoms with E-state index < -0.39 is 0 Å². The second-order valence-electron chi connectivity index (χ2n) is 4.71. The van der Waals surface area contributed by atoms with E-state index >= 15 is 0 Å². The predicted octanol–water partition coefficient (Wildman–Crippen LogP) is 2.23. The third-order valence-corrected chi connectivity index (χ3v) is 3.31. The number of nitrogens with two attached hydrogens (primary N) is 2. The maximum absolute atomic E-state index is 5.64. The van der Waals surface area contributed by atoms with Crippen LogP contribution < -0.4 is 16.2 Å². The fraction of sp³-hybridized carbons (Fsp3) is 0.500. The third kappa shape index (κ3) is 7.62. The van der Waals surface area contributed by atoms with Crippen LogP contribution in [0.1, 0.15) is 19.4 Å². The third-order valence-electron chi connectivity index (χ3n) is 2.31. The van der Waals surface area contributed by atoms with E-state index in [0.29, 0.717) is 12.5 Å². The van der Waals surface area contributed by atoms with Crippen LogP contribution in [0.2, 0.25) is 0 Å². The van der Waals surface area contributed by atoms with Crippen molar-refractivity contribution in [3.8, 4) is 5.75 Å². The lowest BCUT2D eigenvalue weighted by Gasteiger charge is -2.09. The molecule has 0 radical (unpaired) electrons. The monoisotopic (exact) mass is 281 g/mol. The number of guanidine groups is 1. The van der Waals surface area contributed by atoms with Crippen LogP contribution in [-0.4, -0.2) is 24.9 Å². The molecule has 0 saturated heterocycles. The van der Waals surface area contributed by atoms with Gasteiger partial charge in [0, 0.05) is 11.5 Å². The van der Waals surface area contributed by atoms with Crippen LogP contribution >= 0.6 is 11.8 Å². The number of aliphatic imine (C=N–C) groups is 1. The minimum absolute atomic E-state index is 0.159. The molecule has 0 fully saturated rings. The van der Waals surface area contributed by atoms with Gasteiger partial charge in [0.2, 0.25) is 0 Å². The molecule has 19 heavy (non-hydrogen) atoms. The Morgan fingerprint density at radius 3 is 2.53 bits per heavy atom. The molecule has 1 aromatic rings. The Bertz CT molecular complexity index is 386. The van der Waals surface area contributed by atoms with Gasteiger partial charge in [0.1, 0.15) is 5.75 Å². The van der Waals surface area contributed by atoms with Crippen molar-refractivity contribution in [3.63, 3.8) is 0 Å². The van der Waals surface area contributed by atoms with E-state index in [1.165, 1.54) is 5.56 Å². The summed E-state index contributed by atoms with van der Waals surface area (Å²) < 4.78 is 5.64. The van der Waals surface area contributed by atoms with E-state index in [4.69, 9.17) is 16.2 Å². The van der Waals surface area contributed by atoms with Gasteiger partial charge in [-0.3, -0.25) is 4.99 Å². The Morgan fingerprint density at radius 1 is 1.26 bits per heavy atom. The number of hydrogen-bond donors (Lipinski definition) is 2. The van der Waals surface area contributed by atoms with Crippen molar-refractivity contribution in [1.82, 2.24) is 0 Å². The first kappa shape index (κ1) is 15.7. The normalized spacial score (nSPS) is 10.5. The fourth-order valence-corrected chi connectivity index (χ4v) is 2.17. The average Bonchev–Trinajstić information content (AvgIpc) is 2.37. The van der Waals surface area contributed by atoms with Gasteiger partial charge in [-0.25, -0.2) is 0 Å². The van der Waals surface area contributed by atoms with E-state index in [9.17, 15) is 0 Å². The van der Waals surface area contributed by atoms with Gasteiger partial charge >= 0.3 is 0 Å². The molecule has 0 unspecified atom stereocenters. The van der Waals surface area contributed by atoms with Crippen LogP contribution in [-0.2, 0) is 5.75 Å². The SMILES string of the molecule is CC(C)COc1ccc(CSCCN=C(N)N)cc1. The standard InChI is InChI=1S/C14H23N3OS/c1-11(2)9-18-13-5-3-12(4-6-13)10-19-8-7-17-14(15)16/h3-6,11H,7-10H2,1-2H3,(H4,15,16,17). The van der Waals surface area contributed by atoms with Gasteiger partial charge in [0.05, 0.1) is 13.2 Å². The van der Waals surface area contributed by atoms with Crippen LogP contribution in [0.3, 0.4) is 0 Å². The summed E-state index contributed by atoms with van der Waals surface area (Å²) in [6.45, 7) is 5.71. The summed E-state index contributed by atoms with van der Waals surface area (Å²) in [5.74, 6) is 3.52. The molecule has 0 bridgehead atoms. The van der Waals surface area contributed by atoms with E-state index in [1.54, 1.807) is 0 Å². The van der Waals surface area contributed by atoms with Gasteiger partial charge in [-0.15, -0.1) is 0 Å². The molecule has 0 aliphatic heterocycles. The summed E-state index contributed by atoms with van der Waals surface area (Å²) in [5.41, 5.74) is 11.8. The van der Waals surface area contributed by atoms with Crippen molar-refractivity contribution >= 4 is 17.7 Å². The number of rotatable bonds is 8. The molecule has 106 valence electrons. The number of nitrogens with zero attached hydrogens (tertiary/aromatic N) is 1. The second kappa shape index (κ2) is 8.69. The Hall–Kier alpha value is -1.36. The lowest BCUT2D eigenvalue weighted by molar-refractivity contribution is 0.271. The van der Waals surface area contributed by atoms with Crippen LogP contribution in [0.4, 0.5) is 0 Å². The van der Waals surface area contributed by atoms with Crippen molar-refractivity contribution in [1.29, 1.82) is 0 Å². The summed E-state index contributed by atoms with van der Waals surface area (Å²) in [6.07, 6.45) is 0. The van der Waals surface area contributed by atoms with Crippen LogP contribution in [0.25, 0.3) is 0 Å². The summed E-state index contributed by atoms with van der Waals surface area (Å²) in [5, 5.41) is 0. The molecule has 0 aliphatic rings. The molecule has 0 aliphatic carbocycles. The van der Waals surface area contributed by atoms with E-state index in [-0.39, 0.29) is 5.96 Å². The van der Waals surface area contributed by atoms with E-state index in [0.717, 1.165) is 23.9 Å². The smallest absolute Gasteiger partial charge is 0.185 e. The van der Waals surface area contributed by atoms with E-state index in [1.807, 2.05) is 23.9 Å². The first-order chi connectivity index (χ1) is 9.08. The molecular formula is C14H23N3OS. The van der Waals surface area contributed by atoms with Gasteiger partial charge in [0.15, 0.2) is 5.96 Å². The van der Waals surface area contributed by atoms with Crippen molar-refractivity contribution in [2.75, 3.05) is 18.9 Å². The summed E-state index contributed by atoms with van der Waals surface area (Å²) >= 11 is 1.81. The van der Waals surface area contributed by atoms with Crippen molar-refractivity contribution in [3.05, 3.63) is 29.8 Å². The molecule has 0 saturated carbocycles. The molecule has 0 heterocycles. The zero-order chi connectivity index (χ0) is 14.1. The average molecular weight is 281 g/mol. The van der Waals surface area contributed by atoms with Gasteiger partial charge in [0.25, 0.3) is 0 Å². The molecule has 1 aromatic carbocycles. The second-order valence-corrected chi connectivity index (χ2v) is 5.81. The Kier molecular flexibility index (Phi) is 7.18. The molecule has 0 spiro atoms. The number of benzene rings is 1. The highest BCUT2D eigenvalue weighted by Crippen LogP contribution is 2.17. The zero-order valence-electron chi connectivity index (χ0n) is 11.6. The first-order valence-electron chi connectivity index (χ1n) is 6.43. The van der Waals surface area contributed by atoms with Crippen molar-refractivity contribution < 1.29 is 4.74 Å². The maximum Gasteiger partial charge on any atom is 0.185 e. The van der Waals surface area contributed by atoms with Gasteiger partial charge in [-0.1, -0.05) is 26.0 Å². The minimum atomic E-state index is 0.159. The van der Waals surface area contributed by atoms with Crippen LogP contribution in [0.5, 0.6) is 5.75 Å². The highest BCUT2D eigenvalue weighted by molar-refractivity contribution is 7.98. The number of ether oxygens (including phenoxy) is 1. The first-order valence-corrected chi connectivity index (χ1v) is 7.58. The van der Waals surface area contributed by atoms with E-state index in [2.05, 4.69) is 31.0 Å². The molecule has 1 rings (SSSR count). The number of thioether (sulfide) groups is 1. The molecule has 0 amide bonds. The molecule has 4 nitrogen and oxygen atoms in total. The molecule has 5 heteroatoms. The largest absolute Gasteiger partial charge is 0.493 e. The van der Waals surface area contributed by atoms with Crippen molar-refractivity contribution in [2.45, 2.75) is 19.6 Å². The van der Waals surface area contributed by atoms with Gasteiger partial charge in [-0.05, 0) is 23.6 Å². The molecular weight excluding hydrogens is 258 g/mol. The lowest BCUT2D eigenvalue weighted by atomic mass is 10.2. The Morgan fingerprint density at radius 2 is 1.95 bits per heavy atom. The topological polar surface area (TPSA) is 73.6 Å².